The summed E-state index contributed by atoms with van der Waals surface area (Å²) in [7, 11) is 3.68. The number of aryl methyl sites for hydroxylation is 2. The van der Waals surface area contributed by atoms with Crippen LogP contribution >= 0.6 is 12.2 Å². The van der Waals surface area contributed by atoms with Crippen molar-refractivity contribution in [2.75, 3.05) is 14.1 Å². The molecule has 2 aromatic rings. The summed E-state index contributed by atoms with van der Waals surface area (Å²) < 4.78 is 5.76. The van der Waals surface area contributed by atoms with Gasteiger partial charge in [-0.25, -0.2) is 0 Å². The van der Waals surface area contributed by atoms with Gasteiger partial charge in [-0.3, -0.25) is 9.59 Å². The molecule has 188 valence electrons. The van der Waals surface area contributed by atoms with E-state index in [2.05, 4.69) is 20.8 Å². The Morgan fingerprint density at radius 1 is 0.853 bits per heavy atom. The molecule has 1 N–H and O–H groups in total. The smallest absolute Gasteiger partial charge is 0.264 e. The van der Waals surface area contributed by atoms with Crippen molar-refractivity contribution in [1.29, 1.82) is 0 Å². The van der Waals surface area contributed by atoms with Gasteiger partial charge in [-0.15, -0.1) is 0 Å². The van der Waals surface area contributed by atoms with Crippen molar-refractivity contribution < 1.29 is 19.4 Å². The van der Waals surface area contributed by atoms with Crippen LogP contribution < -0.4 is 4.74 Å². The summed E-state index contributed by atoms with van der Waals surface area (Å²) in [5, 5.41) is 10.1. The number of nitrogens with zero attached hydrogens (tertiary/aromatic N) is 1. The Kier molecular flexibility index (Phi) is 11.1. The maximum atomic E-state index is 11.1. The largest absolute Gasteiger partial charge is 0.508 e. The van der Waals surface area contributed by atoms with Gasteiger partial charge < -0.3 is 14.7 Å². The van der Waals surface area contributed by atoms with Crippen molar-refractivity contribution in [1.82, 2.24) is 4.90 Å². The molecule has 0 bridgehead atoms. The maximum absolute atomic E-state index is 11.1. The summed E-state index contributed by atoms with van der Waals surface area (Å²) in [5.74, 6) is 0.981. The van der Waals surface area contributed by atoms with Crippen LogP contribution in [0.2, 0.25) is 0 Å². The Morgan fingerprint density at radius 2 is 1.26 bits per heavy atom. The molecule has 0 aromatic heterocycles. The topological polar surface area (TPSA) is 66.8 Å². The van der Waals surface area contributed by atoms with Gasteiger partial charge in [-0.1, -0.05) is 49.0 Å². The molecule has 0 fully saturated rings. The summed E-state index contributed by atoms with van der Waals surface area (Å²) in [5.41, 5.74) is 4.55. The first-order valence-corrected chi connectivity index (χ1v) is 11.2. The van der Waals surface area contributed by atoms with Crippen LogP contribution in [0, 0.1) is 13.8 Å². The van der Waals surface area contributed by atoms with Gasteiger partial charge in [0.25, 0.3) is 5.17 Å². The third-order valence-electron chi connectivity index (χ3n) is 5.18. The van der Waals surface area contributed by atoms with Crippen LogP contribution in [0.25, 0.3) is 0 Å². The van der Waals surface area contributed by atoms with E-state index in [9.17, 15) is 14.7 Å². The highest BCUT2D eigenvalue weighted by Gasteiger charge is 2.22. The number of ether oxygens (including phenoxy) is 1. The van der Waals surface area contributed by atoms with E-state index in [0.717, 1.165) is 34.8 Å². The minimum atomic E-state index is -0.143. The lowest BCUT2D eigenvalue weighted by atomic mass is 9.84. The molecule has 5 nitrogen and oxygen atoms in total. The van der Waals surface area contributed by atoms with Gasteiger partial charge in [-0.2, -0.15) is 0 Å². The lowest BCUT2D eigenvalue weighted by Gasteiger charge is -2.25. The summed E-state index contributed by atoms with van der Waals surface area (Å²) in [6.07, 6.45) is 1.70. The fraction of sp³-hybridized carbons (Fsp3) is 0.464. The van der Waals surface area contributed by atoms with Gasteiger partial charge in [0.2, 0.25) is 0 Å². The first-order chi connectivity index (χ1) is 15.0. The van der Waals surface area contributed by atoms with Gasteiger partial charge in [0.15, 0.2) is 0 Å². The van der Waals surface area contributed by atoms with Gasteiger partial charge in [0.05, 0.1) is 0 Å². The third-order valence-corrected chi connectivity index (χ3v) is 5.63. The molecule has 0 unspecified atom stereocenters. The van der Waals surface area contributed by atoms with Crippen molar-refractivity contribution in [3.05, 3.63) is 57.6 Å². The number of rotatable bonds is 3. The Labute approximate surface area is 211 Å². The zero-order chi connectivity index (χ0) is 25.7. The monoisotopic (exact) mass is 487 g/mol. The Balaban J connectivity index is 0.000000649. The van der Waals surface area contributed by atoms with Crippen molar-refractivity contribution >= 4 is 30.0 Å². The molecule has 34 heavy (non-hydrogen) atoms. The summed E-state index contributed by atoms with van der Waals surface area (Å²) >= 11 is 5.18. The molecule has 0 aliphatic carbocycles. The predicted octanol–water partition coefficient (Wildman–Crippen LogP) is 6.78. The van der Waals surface area contributed by atoms with Gasteiger partial charge in [-0.05, 0) is 77.9 Å². The van der Waals surface area contributed by atoms with E-state index < -0.39 is 0 Å². The Hall–Kier alpha value is -2.73. The first kappa shape index (κ1) is 31.3. The SMILES string of the molecule is C.Cc1cc(O)c(C(C)(C)C)cc1C=O.Cc1cc(OC(=S)N(C)C)c(C(C)(C)C)cc1C=O. The van der Waals surface area contributed by atoms with Crippen LogP contribution in [0.5, 0.6) is 11.5 Å². The van der Waals surface area contributed by atoms with Crippen LogP contribution in [-0.4, -0.2) is 41.8 Å². The summed E-state index contributed by atoms with van der Waals surface area (Å²) in [6, 6.07) is 7.16. The molecule has 0 atom stereocenters. The van der Waals surface area contributed by atoms with Gasteiger partial charge in [0.1, 0.15) is 24.1 Å². The molecular weight excluding hydrogens is 446 g/mol. The van der Waals surface area contributed by atoms with E-state index >= 15 is 0 Å². The van der Waals surface area contributed by atoms with Crippen LogP contribution in [0.4, 0.5) is 0 Å². The van der Waals surface area contributed by atoms with E-state index in [-0.39, 0.29) is 24.0 Å². The molecule has 2 rings (SSSR count). The number of phenolic OH excluding ortho intramolecular Hbond substituents is 1. The van der Waals surface area contributed by atoms with Crippen LogP contribution in [-0.2, 0) is 10.8 Å². The predicted molar refractivity (Wildman–Crippen MR) is 146 cm³/mol. The molecular formula is C28H41NO4S. The van der Waals surface area contributed by atoms with Crippen molar-refractivity contribution in [3.8, 4) is 11.5 Å². The number of phenols is 1. The van der Waals surface area contributed by atoms with Crippen LogP contribution in [0.3, 0.4) is 0 Å². The van der Waals surface area contributed by atoms with E-state index in [1.165, 1.54) is 0 Å². The lowest BCUT2D eigenvalue weighted by molar-refractivity contribution is 0.111. The van der Waals surface area contributed by atoms with Gasteiger partial charge >= 0.3 is 0 Å². The van der Waals surface area contributed by atoms with Crippen molar-refractivity contribution in [3.63, 3.8) is 0 Å². The van der Waals surface area contributed by atoms with Gasteiger partial charge in [0, 0.05) is 30.8 Å². The van der Waals surface area contributed by atoms with Crippen LogP contribution in [0.15, 0.2) is 24.3 Å². The minimum absolute atomic E-state index is 0. The van der Waals surface area contributed by atoms with E-state index in [1.807, 2.05) is 60.8 Å². The Morgan fingerprint density at radius 3 is 1.65 bits per heavy atom. The molecule has 0 spiro atoms. The number of carbonyl (C=O) groups is 2. The average Bonchev–Trinajstić information content (AvgIpc) is 2.66. The summed E-state index contributed by atoms with van der Waals surface area (Å²) in [6.45, 7) is 16.0. The maximum Gasteiger partial charge on any atom is 0.264 e. The van der Waals surface area contributed by atoms with E-state index in [1.54, 1.807) is 17.0 Å². The Bertz CT molecular complexity index is 1030. The quantitative estimate of drug-likeness (QED) is 0.380. The zero-order valence-corrected chi connectivity index (χ0v) is 22.3. The second kappa shape index (κ2) is 12.1. The highest BCUT2D eigenvalue weighted by molar-refractivity contribution is 7.80. The standard InChI is InChI=1S/C15H21NO2S.C12H16O2.CH4/c1-10-7-13(18-14(19)16(5)6)12(15(2,3)4)8-11(10)9-17;1-8-5-11(14)10(12(2,3)4)6-9(8)7-13;/h7-9H,1-6H3;5-7,14H,1-4H3;1H4. The number of thiocarbonyl (C=S) groups is 1. The average molecular weight is 488 g/mol. The van der Waals surface area contributed by atoms with Crippen LogP contribution in [0.1, 0.15) is 91.9 Å². The second-order valence-corrected chi connectivity index (χ2v) is 10.8. The van der Waals surface area contributed by atoms with E-state index in [4.69, 9.17) is 17.0 Å². The van der Waals surface area contributed by atoms with Crippen molar-refractivity contribution in [2.45, 2.75) is 73.6 Å². The molecule has 0 heterocycles. The molecule has 0 amide bonds. The molecule has 0 saturated carbocycles. The number of carbonyl (C=O) groups excluding carboxylic acids is 2. The fourth-order valence-corrected chi connectivity index (χ4v) is 3.21. The number of hydrogen-bond acceptors (Lipinski definition) is 5. The molecule has 0 aliphatic heterocycles. The molecule has 0 saturated heterocycles. The number of aldehydes is 2. The molecule has 0 radical (unpaired) electrons. The molecule has 2 aromatic carbocycles. The second-order valence-electron chi connectivity index (χ2n) is 10.4. The lowest BCUT2D eigenvalue weighted by Crippen LogP contribution is -2.26. The normalized spacial score (nSPS) is 10.9. The minimum Gasteiger partial charge on any atom is -0.508 e. The summed E-state index contributed by atoms with van der Waals surface area (Å²) in [4.78, 5) is 23.6. The fourth-order valence-electron chi connectivity index (χ4n) is 3.12. The van der Waals surface area contributed by atoms with E-state index in [0.29, 0.717) is 22.1 Å². The number of hydrogen-bond donors (Lipinski definition) is 1. The van der Waals surface area contributed by atoms with Crippen molar-refractivity contribution in [2.24, 2.45) is 0 Å². The number of benzene rings is 2. The highest BCUT2D eigenvalue weighted by atomic mass is 32.1. The zero-order valence-electron chi connectivity index (χ0n) is 21.5. The number of aromatic hydroxyl groups is 1. The highest BCUT2D eigenvalue weighted by Crippen LogP contribution is 2.34. The first-order valence-electron chi connectivity index (χ1n) is 10.8. The molecule has 0 aliphatic rings. The molecule has 6 heteroatoms. The third kappa shape index (κ3) is 8.24.